The SMILES string of the molecule is CCc1cnc(CNC(=O)C2(N)CCOCC2)s1.Cl.Cl. The fraction of sp³-hybridized carbons (Fsp3) is 0.667. The van der Waals surface area contributed by atoms with Crippen molar-refractivity contribution in [3.63, 3.8) is 0 Å². The Morgan fingerprint density at radius 1 is 1.50 bits per heavy atom. The summed E-state index contributed by atoms with van der Waals surface area (Å²) >= 11 is 1.63. The van der Waals surface area contributed by atoms with Crippen LogP contribution in [0.5, 0.6) is 0 Å². The molecule has 20 heavy (non-hydrogen) atoms. The Balaban J connectivity index is 0.00000180. The van der Waals surface area contributed by atoms with Crippen molar-refractivity contribution in [1.29, 1.82) is 0 Å². The second-order valence-electron chi connectivity index (χ2n) is 4.53. The summed E-state index contributed by atoms with van der Waals surface area (Å²) in [5, 5.41) is 3.80. The molecular weight excluding hydrogens is 321 g/mol. The first-order valence-corrected chi connectivity index (χ1v) is 7.04. The lowest BCUT2D eigenvalue weighted by Crippen LogP contribution is -2.56. The number of halogens is 2. The molecule has 1 amide bonds. The number of aromatic nitrogens is 1. The molecule has 2 heterocycles. The van der Waals surface area contributed by atoms with E-state index in [-0.39, 0.29) is 30.7 Å². The van der Waals surface area contributed by atoms with Crippen molar-refractivity contribution < 1.29 is 9.53 Å². The Hall–Kier alpha value is -0.400. The third-order valence-electron chi connectivity index (χ3n) is 3.19. The van der Waals surface area contributed by atoms with Crippen LogP contribution in [0.1, 0.15) is 29.7 Å². The molecule has 0 atom stereocenters. The van der Waals surface area contributed by atoms with Crippen LogP contribution >= 0.6 is 36.2 Å². The molecule has 0 bridgehead atoms. The van der Waals surface area contributed by atoms with E-state index >= 15 is 0 Å². The van der Waals surface area contributed by atoms with Gasteiger partial charge in [0.25, 0.3) is 0 Å². The number of carbonyl (C=O) groups is 1. The molecule has 3 N–H and O–H groups in total. The van der Waals surface area contributed by atoms with Gasteiger partial charge in [-0.05, 0) is 19.3 Å². The minimum absolute atomic E-state index is 0. The normalized spacial score (nSPS) is 16.7. The molecule has 1 fully saturated rings. The minimum Gasteiger partial charge on any atom is -0.381 e. The van der Waals surface area contributed by atoms with E-state index in [0.717, 1.165) is 11.4 Å². The molecule has 8 heteroatoms. The molecule has 1 aromatic rings. The maximum Gasteiger partial charge on any atom is 0.240 e. The fourth-order valence-electron chi connectivity index (χ4n) is 1.89. The van der Waals surface area contributed by atoms with Crippen LogP contribution < -0.4 is 11.1 Å². The Morgan fingerprint density at radius 2 is 2.15 bits per heavy atom. The number of nitrogens with zero attached hydrogens (tertiary/aromatic N) is 1. The van der Waals surface area contributed by atoms with Crippen LogP contribution in [0.25, 0.3) is 0 Å². The van der Waals surface area contributed by atoms with Crippen LogP contribution in [0.2, 0.25) is 0 Å². The fourth-order valence-corrected chi connectivity index (χ4v) is 2.69. The summed E-state index contributed by atoms with van der Waals surface area (Å²) in [4.78, 5) is 17.5. The number of thiazole rings is 1. The lowest BCUT2D eigenvalue weighted by atomic mass is 9.90. The maximum atomic E-state index is 12.1. The zero-order valence-corrected chi connectivity index (χ0v) is 13.8. The first-order valence-electron chi connectivity index (χ1n) is 6.22. The zero-order chi connectivity index (χ0) is 13.0. The number of hydrogen-bond acceptors (Lipinski definition) is 5. The van der Waals surface area contributed by atoms with E-state index in [1.54, 1.807) is 11.3 Å². The highest BCUT2D eigenvalue weighted by Gasteiger charge is 2.35. The standard InChI is InChI=1S/C12H19N3O2S.2ClH/c1-2-9-7-14-10(18-9)8-15-11(16)12(13)3-5-17-6-4-12;;/h7H,2-6,8,13H2,1H3,(H,15,16);2*1H. The molecule has 5 nitrogen and oxygen atoms in total. The maximum absolute atomic E-state index is 12.1. The van der Waals surface area contributed by atoms with E-state index in [2.05, 4.69) is 17.2 Å². The Bertz CT molecular complexity index is 423. The third-order valence-corrected chi connectivity index (χ3v) is 4.33. The zero-order valence-electron chi connectivity index (χ0n) is 11.4. The van der Waals surface area contributed by atoms with Gasteiger partial charge in [-0.15, -0.1) is 36.2 Å². The minimum atomic E-state index is -0.775. The van der Waals surface area contributed by atoms with Gasteiger partial charge in [-0.3, -0.25) is 4.79 Å². The molecule has 0 radical (unpaired) electrons. The predicted octanol–water partition coefficient (Wildman–Crippen LogP) is 1.67. The van der Waals surface area contributed by atoms with Gasteiger partial charge in [0.1, 0.15) is 5.01 Å². The molecule has 0 aliphatic carbocycles. The van der Waals surface area contributed by atoms with E-state index in [0.29, 0.717) is 32.6 Å². The highest BCUT2D eigenvalue weighted by atomic mass is 35.5. The third kappa shape index (κ3) is 4.86. The molecule has 0 saturated carbocycles. The number of rotatable bonds is 4. The molecule has 1 saturated heterocycles. The van der Waals surface area contributed by atoms with Crippen LogP contribution in [0.15, 0.2) is 6.20 Å². The first-order chi connectivity index (χ1) is 8.64. The Labute approximate surface area is 135 Å². The number of nitrogens with two attached hydrogens (primary N) is 1. The summed E-state index contributed by atoms with van der Waals surface area (Å²) in [6, 6.07) is 0. The average molecular weight is 342 g/mol. The first kappa shape index (κ1) is 19.6. The highest BCUT2D eigenvalue weighted by molar-refractivity contribution is 7.11. The second kappa shape index (κ2) is 8.79. The van der Waals surface area contributed by atoms with E-state index in [1.807, 2.05) is 6.20 Å². The van der Waals surface area contributed by atoms with Gasteiger partial charge in [-0.2, -0.15) is 0 Å². The van der Waals surface area contributed by atoms with Crippen LogP contribution in [0.3, 0.4) is 0 Å². The summed E-state index contributed by atoms with van der Waals surface area (Å²) < 4.78 is 5.23. The van der Waals surface area contributed by atoms with Crippen LogP contribution in [-0.4, -0.2) is 29.6 Å². The molecule has 0 spiro atoms. The molecular formula is C12H21Cl2N3O2S. The van der Waals surface area contributed by atoms with E-state index in [1.165, 1.54) is 4.88 Å². The monoisotopic (exact) mass is 341 g/mol. The molecule has 1 aliphatic rings. The van der Waals surface area contributed by atoms with Crippen molar-refractivity contribution in [3.8, 4) is 0 Å². The van der Waals surface area contributed by atoms with Crippen molar-refractivity contribution in [3.05, 3.63) is 16.1 Å². The quantitative estimate of drug-likeness (QED) is 0.873. The highest BCUT2D eigenvalue weighted by Crippen LogP contribution is 2.18. The van der Waals surface area contributed by atoms with Gasteiger partial charge in [0, 0.05) is 24.3 Å². The number of nitrogens with one attached hydrogen (secondary N) is 1. The lowest BCUT2D eigenvalue weighted by molar-refractivity contribution is -0.129. The smallest absolute Gasteiger partial charge is 0.240 e. The largest absolute Gasteiger partial charge is 0.381 e. The second-order valence-corrected chi connectivity index (χ2v) is 5.72. The van der Waals surface area contributed by atoms with Gasteiger partial charge < -0.3 is 15.8 Å². The van der Waals surface area contributed by atoms with Crippen LogP contribution in [0, 0.1) is 0 Å². The summed E-state index contributed by atoms with van der Waals surface area (Å²) in [7, 11) is 0. The molecule has 1 aromatic heterocycles. The predicted molar refractivity (Wildman–Crippen MR) is 84.8 cm³/mol. The molecule has 0 aromatic carbocycles. The topological polar surface area (TPSA) is 77.2 Å². The van der Waals surface area contributed by atoms with Crippen molar-refractivity contribution in [2.24, 2.45) is 5.73 Å². The van der Waals surface area contributed by atoms with Crippen molar-refractivity contribution in [2.45, 2.75) is 38.3 Å². The lowest BCUT2D eigenvalue weighted by Gasteiger charge is -2.31. The molecule has 2 rings (SSSR count). The van der Waals surface area contributed by atoms with Gasteiger partial charge in [0.15, 0.2) is 0 Å². The number of carbonyl (C=O) groups excluding carboxylic acids is 1. The van der Waals surface area contributed by atoms with Gasteiger partial charge >= 0.3 is 0 Å². The molecule has 1 aliphatic heterocycles. The summed E-state index contributed by atoms with van der Waals surface area (Å²) in [6.07, 6.45) is 4.00. The summed E-state index contributed by atoms with van der Waals surface area (Å²) in [5.74, 6) is -0.0981. The van der Waals surface area contributed by atoms with E-state index in [9.17, 15) is 4.79 Å². The van der Waals surface area contributed by atoms with E-state index < -0.39 is 5.54 Å². The molecule has 0 unspecified atom stereocenters. The van der Waals surface area contributed by atoms with Crippen molar-refractivity contribution >= 4 is 42.1 Å². The summed E-state index contributed by atoms with van der Waals surface area (Å²) in [5.41, 5.74) is 5.31. The average Bonchev–Trinajstić information content (AvgIpc) is 2.84. The molecule has 116 valence electrons. The summed E-state index contributed by atoms with van der Waals surface area (Å²) in [6.45, 7) is 3.67. The Morgan fingerprint density at radius 3 is 2.70 bits per heavy atom. The van der Waals surface area contributed by atoms with Gasteiger partial charge in [0.2, 0.25) is 5.91 Å². The number of aryl methyl sites for hydroxylation is 1. The number of ether oxygens (including phenoxy) is 1. The Kier molecular flexibility index (Phi) is 8.62. The van der Waals surface area contributed by atoms with E-state index in [4.69, 9.17) is 10.5 Å². The van der Waals surface area contributed by atoms with Crippen molar-refractivity contribution in [2.75, 3.05) is 13.2 Å². The van der Waals surface area contributed by atoms with Crippen molar-refractivity contribution in [1.82, 2.24) is 10.3 Å². The number of hydrogen-bond donors (Lipinski definition) is 2. The van der Waals surface area contributed by atoms with Crippen LogP contribution in [-0.2, 0) is 22.5 Å². The van der Waals surface area contributed by atoms with Crippen LogP contribution in [0.4, 0.5) is 0 Å². The van der Waals surface area contributed by atoms with Gasteiger partial charge in [-0.25, -0.2) is 4.98 Å². The van der Waals surface area contributed by atoms with Gasteiger partial charge in [0.05, 0.1) is 12.1 Å². The van der Waals surface area contributed by atoms with Gasteiger partial charge in [-0.1, -0.05) is 6.92 Å². The number of amides is 1.